The van der Waals surface area contributed by atoms with Gasteiger partial charge in [-0.05, 0) is 19.2 Å². The minimum atomic E-state index is 0.0949. The molecule has 2 aromatic rings. The molecule has 1 unspecified atom stereocenters. The predicted octanol–water partition coefficient (Wildman–Crippen LogP) is 0.771. The van der Waals surface area contributed by atoms with Gasteiger partial charge in [-0.3, -0.25) is 0 Å². The molecule has 0 aliphatic carbocycles. The van der Waals surface area contributed by atoms with Gasteiger partial charge >= 0.3 is 0 Å². The van der Waals surface area contributed by atoms with E-state index in [1.54, 1.807) is 0 Å². The Kier molecular flexibility index (Phi) is 4.38. The van der Waals surface area contributed by atoms with Crippen molar-refractivity contribution >= 4 is 17.0 Å². The lowest BCUT2D eigenvalue weighted by atomic mass is 10.3. The highest BCUT2D eigenvalue weighted by Crippen LogP contribution is 2.19. The second-order valence-corrected chi connectivity index (χ2v) is 5.44. The maximum absolute atomic E-state index is 9.27. The summed E-state index contributed by atoms with van der Waals surface area (Å²) in [6.45, 7) is 4.04. The van der Waals surface area contributed by atoms with Crippen molar-refractivity contribution in [3.05, 3.63) is 24.3 Å². The number of nitrogens with zero attached hydrogens (tertiary/aromatic N) is 3. The number of ether oxygens (including phenoxy) is 1. The maximum Gasteiger partial charge on any atom is 0.204 e. The monoisotopic (exact) mass is 290 g/mol. The largest absolute Gasteiger partial charge is 0.395 e. The van der Waals surface area contributed by atoms with E-state index in [0.29, 0.717) is 6.54 Å². The van der Waals surface area contributed by atoms with Gasteiger partial charge in [0.05, 0.1) is 30.4 Å². The van der Waals surface area contributed by atoms with Gasteiger partial charge in [-0.15, -0.1) is 0 Å². The highest BCUT2D eigenvalue weighted by Gasteiger charge is 2.18. The Morgan fingerprint density at radius 1 is 1.43 bits per heavy atom. The standard InChI is InChI=1S/C15H22N4O2/c1-18-7-9-21-12(11-18)10-16-15-17-13-4-2-3-5-14(13)19(15)6-8-20/h2-5,12,20H,6-11H2,1H3,(H,16,17). The third kappa shape index (κ3) is 3.18. The summed E-state index contributed by atoms with van der Waals surface area (Å²) in [7, 11) is 2.11. The minimum absolute atomic E-state index is 0.0949. The number of para-hydroxylation sites is 2. The molecule has 0 saturated carbocycles. The molecule has 1 aliphatic heterocycles. The number of aromatic nitrogens is 2. The molecule has 1 aromatic heterocycles. The predicted molar refractivity (Wildman–Crippen MR) is 82.5 cm³/mol. The van der Waals surface area contributed by atoms with Crippen LogP contribution in [-0.2, 0) is 11.3 Å². The van der Waals surface area contributed by atoms with Gasteiger partial charge in [-0.25, -0.2) is 4.98 Å². The number of aliphatic hydroxyl groups excluding tert-OH is 1. The molecule has 1 saturated heterocycles. The molecule has 2 heterocycles. The van der Waals surface area contributed by atoms with Gasteiger partial charge in [0, 0.05) is 26.2 Å². The molecule has 1 aliphatic rings. The van der Waals surface area contributed by atoms with Crippen molar-refractivity contribution in [3.8, 4) is 0 Å². The fourth-order valence-corrected chi connectivity index (χ4v) is 2.73. The van der Waals surface area contributed by atoms with E-state index in [2.05, 4.69) is 22.2 Å². The van der Waals surface area contributed by atoms with Crippen LogP contribution in [0.5, 0.6) is 0 Å². The molecule has 0 spiro atoms. The highest BCUT2D eigenvalue weighted by atomic mass is 16.5. The SMILES string of the molecule is CN1CCOC(CNc2nc3ccccc3n2CCO)C1. The lowest BCUT2D eigenvalue weighted by molar-refractivity contribution is -0.0118. The van der Waals surface area contributed by atoms with Gasteiger partial charge in [0.15, 0.2) is 0 Å². The van der Waals surface area contributed by atoms with E-state index in [1.165, 1.54) is 0 Å². The van der Waals surface area contributed by atoms with Crippen LogP contribution >= 0.6 is 0 Å². The first-order chi connectivity index (χ1) is 10.3. The first-order valence-corrected chi connectivity index (χ1v) is 7.38. The molecule has 0 bridgehead atoms. The van der Waals surface area contributed by atoms with E-state index >= 15 is 0 Å². The number of morpholine rings is 1. The topological polar surface area (TPSA) is 62.5 Å². The van der Waals surface area contributed by atoms with Crippen LogP contribution in [0.1, 0.15) is 0 Å². The summed E-state index contributed by atoms with van der Waals surface area (Å²) >= 11 is 0. The van der Waals surface area contributed by atoms with E-state index in [-0.39, 0.29) is 12.7 Å². The number of rotatable bonds is 5. The lowest BCUT2D eigenvalue weighted by Crippen LogP contribution is -2.43. The minimum Gasteiger partial charge on any atom is -0.395 e. The second kappa shape index (κ2) is 6.43. The summed E-state index contributed by atoms with van der Waals surface area (Å²) < 4.78 is 7.77. The number of anilines is 1. The van der Waals surface area contributed by atoms with Gasteiger partial charge in [0.2, 0.25) is 5.95 Å². The van der Waals surface area contributed by atoms with E-state index in [0.717, 1.165) is 43.2 Å². The number of hydrogen-bond donors (Lipinski definition) is 2. The summed E-state index contributed by atoms with van der Waals surface area (Å²) in [5.74, 6) is 0.794. The number of benzene rings is 1. The average molecular weight is 290 g/mol. The molecule has 21 heavy (non-hydrogen) atoms. The molecular weight excluding hydrogens is 268 g/mol. The summed E-state index contributed by atoms with van der Waals surface area (Å²) in [5, 5.41) is 12.6. The van der Waals surface area contributed by atoms with Crippen LogP contribution in [0.4, 0.5) is 5.95 Å². The Morgan fingerprint density at radius 3 is 3.10 bits per heavy atom. The zero-order valence-electron chi connectivity index (χ0n) is 12.3. The zero-order valence-corrected chi connectivity index (χ0v) is 12.3. The highest BCUT2D eigenvalue weighted by molar-refractivity contribution is 5.78. The molecule has 3 rings (SSSR count). The normalized spacial score (nSPS) is 20.0. The van der Waals surface area contributed by atoms with E-state index in [4.69, 9.17) is 4.74 Å². The van der Waals surface area contributed by atoms with Crippen LogP contribution in [0.3, 0.4) is 0 Å². The first kappa shape index (κ1) is 14.3. The van der Waals surface area contributed by atoms with Gasteiger partial charge < -0.3 is 24.6 Å². The summed E-state index contributed by atoms with van der Waals surface area (Å²) in [6.07, 6.45) is 0.172. The fourth-order valence-electron chi connectivity index (χ4n) is 2.73. The van der Waals surface area contributed by atoms with E-state index in [9.17, 15) is 5.11 Å². The van der Waals surface area contributed by atoms with Gasteiger partial charge in [0.25, 0.3) is 0 Å². The summed E-state index contributed by atoms with van der Waals surface area (Å²) in [4.78, 5) is 6.88. The van der Waals surface area contributed by atoms with Crippen LogP contribution in [0.25, 0.3) is 11.0 Å². The van der Waals surface area contributed by atoms with Crippen LogP contribution in [-0.4, -0.2) is 65.6 Å². The van der Waals surface area contributed by atoms with Crippen molar-refractivity contribution in [1.82, 2.24) is 14.5 Å². The second-order valence-electron chi connectivity index (χ2n) is 5.44. The number of aliphatic hydroxyl groups is 1. The number of imidazole rings is 1. The molecule has 114 valence electrons. The van der Waals surface area contributed by atoms with Crippen molar-refractivity contribution in [1.29, 1.82) is 0 Å². The lowest BCUT2D eigenvalue weighted by Gasteiger charge is -2.30. The number of hydrogen-bond acceptors (Lipinski definition) is 5. The number of nitrogens with one attached hydrogen (secondary N) is 1. The molecule has 6 heteroatoms. The smallest absolute Gasteiger partial charge is 0.204 e. The fraction of sp³-hybridized carbons (Fsp3) is 0.533. The van der Waals surface area contributed by atoms with Gasteiger partial charge in [-0.2, -0.15) is 0 Å². The quantitative estimate of drug-likeness (QED) is 0.852. The summed E-state index contributed by atoms with van der Waals surface area (Å²) in [6, 6.07) is 7.97. The molecule has 2 N–H and O–H groups in total. The molecule has 0 radical (unpaired) electrons. The van der Waals surface area contributed by atoms with E-state index in [1.807, 2.05) is 28.8 Å². The molecule has 1 aromatic carbocycles. The van der Waals surface area contributed by atoms with Crippen molar-refractivity contribution < 1.29 is 9.84 Å². The molecule has 1 atom stereocenters. The van der Waals surface area contributed by atoms with Crippen molar-refractivity contribution in [2.75, 3.05) is 45.2 Å². The van der Waals surface area contributed by atoms with Crippen LogP contribution in [0, 0.1) is 0 Å². The zero-order chi connectivity index (χ0) is 14.7. The molecule has 0 amide bonds. The molecule has 6 nitrogen and oxygen atoms in total. The average Bonchev–Trinajstić information content (AvgIpc) is 2.84. The Morgan fingerprint density at radius 2 is 2.29 bits per heavy atom. The maximum atomic E-state index is 9.27. The third-order valence-electron chi connectivity index (χ3n) is 3.81. The van der Waals surface area contributed by atoms with Crippen LogP contribution in [0.15, 0.2) is 24.3 Å². The first-order valence-electron chi connectivity index (χ1n) is 7.38. The van der Waals surface area contributed by atoms with Crippen molar-refractivity contribution in [2.45, 2.75) is 12.6 Å². The van der Waals surface area contributed by atoms with Crippen LogP contribution in [0.2, 0.25) is 0 Å². The number of likely N-dealkylation sites (N-methyl/N-ethyl adjacent to an activating group) is 1. The van der Waals surface area contributed by atoms with Crippen LogP contribution < -0.4 is 5.32 Å². The summed E-state index contributed by atoms with van der Waals surface area (Å²) in [5.41, 5.74) is 1.98. The van der Waals surface area contributed by atoms with E-state index < -0.39 is 0 Å². The Bertz CT molecular complexity index is 598. The van der Waals surface area contributed by atoms with Gasteiger partial charge in [-0.1, -0.05) is 12.1 Å². The molecular formula is C15H22N4O2. The van der Waals surface area contributed by atoms with Gasteiger partial charge in [0.1, 0.15) is 0 Å². The Balaban J connectivity index is 1.75. The Labute approximate surface area is 124 Å². The Hall–Kier alpha value is -1.63. The van der Waals surface area contributed by atoms with Crippen molar-refractivity contribution in [2.24, 2.45) is 0 Å². The van der Waals surface area contributed by atoms with Crippen molar-refractivity contribution in [3.63, 3.8) is 0 Å². The third-order valence-corrected chi connectivity index (χ3v) is 3.81. The molecule has 1 fully saturated rings. The number of fused-ring (bicyclic) bond motifs is 1.